The maximum absolute atomic E-state index is 10.5. The number of hydrogen-bond acceptors (Lipinski definition) is 5. The van der Waals surface area contributed by atoms with Gasteiger partial charge in [-0.3, -0.25) is 0 Å². The van der Waals surface area contributed by atoms with Gasteiger partial charge in [0.2, 0.25) is 0 Å². The van der Waals surface area contributed by atoms with E-state index < -0.39 is 5.97 Å². The van der Waals surface area contributed by atoms with Crippen LogP contribution in [0.1, 0.15) is 10.5 Å². The van der Waals surface area contributed by atoms with Crippen molar-refractivity contribution in [2.45, 2.75) is 0 Å². The number of aromatic carboxylic acids is 1. The monoisotopic (exact) mass is 241 g/mol. The topological polar surface area (TPSA) is 77.9 Å². The van der Waals surface area contributed by atoms with Gasteiger partial charge in [0.15, 0.2) is 0 Å². The maximum Gasteiger partial charge on any atom is 0.354 e. The molecule has 1 rings (SSSR count). The first-order valence-corrected chi connectivity index (χ1v) is 5.13. The smallest absolute Gasteiger partial charge is 0.354 e. The fourth-order valence-corrected chi connectivity index (χ4v) is 1.05. The fraction of sp³-hybridized carbons (Fsp3) is 0.455. The Labute approximate surface area is 99.1 Å². The van der Waals surface area contributed by atoms with Crippen LogP contribution in [0.25, 0.3) is 0 Å². The van der Waals surface area contributed by atoms with Crippen LogP contribution < -0.4 is 4.74 Å². The SMILES string of the molecule is COCCOCCOc1ccc(C(=O)O)nc1. The second kappa shape index (κ2) is 7.59. The number of carboxylic acid groups (broad SMARTS) is 1. The lowest BCUT2D eigenvalue weighted by Crippen LogP contribution is -2.10. The number of pyridine rings is 1. The van der Waals surface area contributed by atoms with Gasteiger partial charge in [-0.05, 0) is 12.1 Å². The Hall–Kier alpha value is -1.66. The lowest BCUT2D eigenvalue weighted by Gasteiger charge is -2.06. The molecule has 0 aliphatic heterocycles. The highest BCUT2D eigenvalue weighted by Gasteiger charge is 2.03. The number of aromatic nitrogens is 1. The van der Waals surface area contributed by atoms with Crippen molar-refractivity contribution < 1.29 is 24.1 Å². The van der Waals surface area contributed by atoms with Crippen LogP contribution in [0.4, 0.5) is 0 Å². The summed E-state index contributed by atoms with van der Waals surface area (Å²) >= 11 is 0. The summed E-state index contributed by atoms with van der Waals surface area (Å²) in [4.78, 5) is 14.3. The van der Waals surface area contributed by atoms with Gasteiger partial charge in [0.1, 0.15) is 18.1 Å². The Morgan fingerprint density at radius 2 is 2.06 bits per heavy atom. The minimum atomic E-state index is -1.06. The number of ether oxygens (including phenoxy) is 3. The summed E-state index contributed by atoms with van der Waals surface area (Å²) in [7, 11) is 1.61. The molecule has 6 nitrogen and oxygen atoms in total. The van der Waals surface area contributed by atoms with Crippen LogP contribution in [0, 0.1) is 0 Å². The van der Waals surface area contributed by atoms with Gasteiger partial charge in [-0.15, -0.1) is 0 Å². The first-order valence-electron chi connectivity index (χ1n) is 5.13. The Kier molecular flexibility index (Phi) is 5.98. The molecule has 0 bridgehead atoms. The number of methoxy groups -OCH3 is 1. The molecule has 0 radical (unpaired) electrons. The van der Waals surface area contributed by atoms with Gasteiger partial charge in [0.05, 0.1) is 26.0 Å². The molecule has 0 saturated carbocycles. The highest BCUT2D eigenvalue weighted by Crippen LogP contribution is 2.08. The van der Waals surface area contributed by atoms with Crippen LogP contribution in [0.2, 0.25) is 0 Å². The minimum absolute atomic E-state index is 0.00584. The van der Waals surface area contributed by atoms with E-state index in [0.717, 1.165) is 0 Å². The zero-order valence-electron chi connectivity index (χ0n) is 9.59. The molecule has 0 unspecified atom stereocenters. The van der Waals surface area contributed by atoms with Gasteiger partial charge in [-0.25, -0.2) is 9.78 Å². The third kappa shape index (κ3) is 5.28. The van der Waals surface area contributed by atoms with Crippen molar-refractivity contribution in [1.29, 1.82) is 0 Å². The first kappa shape index (κ1) is 13.4. The second-order valence-corrected chi connectivity index (χ2v) is 3.14. The summed E-state index contributed by atoms with van der Waals surface area (Å²) in [6.45, 7) is 1.91. The molecule has 0 atom stereocenters. The van der Waals surface area contributed by atoms with Crippen LogP contribution in [0.15, 0.2) is 18.3 Å². The summed E-state index contributed by atoms with van der Waals surface area (Å²) in [5.74, 6) is -0.537. The molecule has 0 fully saturated rings. The quantitative estimate of drug-likeness (QED) is 0.679. The van der Waals surface area contributed by atoms with E-state index in [4.69, 9.17) is 19.3 Å². The molecule has 1 aromatic rings. The molecular formula is C11H15NO5. The van der Waals surface area contributed by atoms with Gasteiger partial charge in [-0.1, -0.05) is 0 Å². The summed E-state index contributed by atoms with van der Waals surface area (Å²) < 4.78 is 15.3. The standard InChI is InChI=1S/C11H15NO5/c1-15-4-5-16-6-7-17-9-2-3-10(11(13)14)12-8-9/h2-3,8H,4-7H2,1H3,(H,13,14). The highest BCUT2D eigenvalue weighted by molar-refractivity contribution is 5.85. The highest BCUT2D eigenvalue weighted by atomic mass is 16.5. The third-order valence-corrected chi connectivity index (χ3v) is 1.88. The minimum Gasteiger partial charge on any atom is -0.490 e. The van der Waals surface area contributed by atoms with Crippen molar-refractivity contribution >= 4 is 5.97 Å². The fourth-order valence-electron chi connectivity index (χ4n) is 1.05. The van der Waals surface area contributed by atoms with Crippen LogP contribution in [0.3, 0.4) is 0 Å². The molecular weight excluding hydrogens is 226 g/mol. The number of nitrogens with zero attached hydrogens (tertiary/aromatic N) is 1. The average molecular weight is 241 g/mol. The van der Waals surface area contributed by atoms with Crippen molar-refractivity contribution in [3.05, 3.63) is 24.0 Å². The molecule has 0 aliphatic rings. The number of hydrogen-bond donors (Lipinski definition) is 1. The van der Waals surface area contributed by atoms with E-state index >= 15 is 0 Å². The lowest BCUT2D eigenvalue weighted by atomic mass is 10.3. The van der Waals surface area contributed by atoms with Gasteiger partial charge in [0, 0.05) is 7.11 Å². The van der Waals surface area contributed by atoms with Crippen LogP contribution in [-0.2, 0) is 9.47 Å². The van der Waals surface area contributed by atoms with Gasteiger partial charge in [0.25, 0.3) is 0 Å². The maximum atomic E-state index is 10.5. The average Bonchev–Trinajstić information content (AvgIpc) is 2.34. The Morgan fingerprint density at radius 1 is 1.29 bits per heavy atom. The van der Waals surface area contributed by atoms with Crippen molar-refractivity contribution in [1.82, 2.24) is 4.98 Å². The number of carbonyl (C=O) groups is 1. The molecule has 1 N–H and O–H groups in total. The molecule has 1 aromatic heterocycles. The van der Waals surface area contributed by atoms with E-state index in [1.54, 1.807) is 13.2 Å². The predicted molar refractivity (Wildman–Crippen MR) is 59.4 cm³/mol. The zero-order valence-corrected chi connectivity index (χ0v) is 9.59. The largest absolute Gasteiger partial charge is 0.490 e. The van der Waals surface area contributed by atoms with Crippen molar-refractivity contribution in [3.63, 3.8) is 0 Å². The van der Waals surface area contributed by atoms with Crippen molar-refractivity contribution in [3.8, 4) is 5.75 Å². The van der Waals surface area contributed by atoms with Crippen LogP contribution in [0.5, 0.6) is 5.75 Å². The molecule has 94 valence electrons. The Morgan fingerprint density at radius 3 is 2.65 bits per heavy atom. The summed E-state index contributed by atoms with van der Waals surface area (Å²) in [5.41, 5.74) is -0.00584. The van der Waals surface area contributed by atoms with E-state index in [9.17, 15) is 4.79 Å². The third-order valence-electron chi connectivity index (χ3n) is 1.88. The summed E-state index contributed by atoms with van der Waals surface area (Å²) in [6.07, 6.45) is 1.37. The normalized spacial score (nSPS) is 10.2. The van der Waals surface area contributed by atoms with E-state index in [0.29, 0.717) is 32.2 Å². The van der Waals surface area contributed by atoms with Gasteiger partial charge >= 0.3 is 5.97 Å². The zero-order chi connectivity index (χ0) is 12.5. The summed E-state index contributed by atoms with van der Waals surface area (Å²) in [6, 6.07) is 2.95. The van der Waals surface area contributed by atoms with Crippen molar-refractivity contribution in [2.75, 3.05) is 33.5 Å². The van der Waals surface area contributed by atoms with E-state index in [1.807, 2.05) is 0 Å². The predicted octanol–water partition coefficient (Wildman–Crippen LogP) is 0.822. The molecule has 0 aromatic carbocycles. The molecule has 0 spiro atoms. The molecule has 17 heavy (non-hydrogen) atoms. The van der Waals surface area contributed by atoms with Gasteiger partial charge in [-0.2, -0.15) is 0 Å². The molecule has 0 aliphatic carbocycles. The van der Waals surface area contributed by atoms with Crippen molar-refractivity contribution in [2.24, 2.45) is 0 Å². The molecule has 6 heteroatoms. The van der Waals surface area contributed by atoms with Crippen LogP contribution in [-0.4, -0.2) is 49.6 Å². The molecule has 1 heterocycles. The second-order valence-electron chi connectivity index (χ2n) is 3.14. The van der Waals surface area contributed by atoms with E-state index in [2.05, 4.69) is 4.98 Å². The Bertz CT molecular complexity index is 338. The Balaban J connectivity index is 2.21. The van der Waals surface area contributed by atoms with E-state index in [-0.39, 0.29) is 5.69 Å². The van der Waals surface area contributed by atoms with Gasteiger partial charge < -0.3 is 19.3 Å². The van der Waals surface area contributed by atoms with Crippen LogP contribution >= 0.6 is 0 Å². The number of rotatable bonds is 8. The lowest BCUT2D eigenvalue weighted by molar-refractivity contribution is 0.0543. The molecule has 0 amide bonds. The van der Waals surface area contributed by atoms with E-state index in [1.165, 1.54) is 12.3 Å². The first-order chi connectivity index (χ1) is 8.24. The molecule has 0 saturated heterocycles. The number of carboxylic acids is 1. The summed E-state index contributed by atoms with van der Waals surface area (Å²) in [5, 5.41) is 8.64.